The maximum atomic E-state index is 11.2. The van der Waals surface area contributed by atoms with Crippen molar-refractivity contribution in [3.05, 3.63) is 34.4 Å². The number of aromatic nitrogens is 1. The summed E-state index contributed by atoms with van der Waals surface area (Å²) in [5.74, 6) is 0.101. The van der Waals surface area contributed by atoms with Crippen molar-refractivity contribution in [3.8, 4) is 0 Å². The fourth-order valence-electron chi connectivity index (χ4n) is 1.55. The van der Waals surface area contributed by atoms with E-state index in [1.165, 1.54) is 0 Å². The van der Waals surface area contributed by atoms with Gasteiger partial charge in [0.1, 0.15) is 0 Å². The average molecular weight is 252 g/mol. The number of hydrogen-bond donors (Lipinski definition) is 0. The lowest BCUT2D eigenvalue weighted by Gasteiger charge is -1.98. The van der Waals surface area contributed by atoms with Gasteiger partial charge in [0.15, 0.2) is 5.78 Å². The third-order valence-corrected chi connectivity index (χ3v) is 2.98. The molecule has 0 aliphatic rings. The number of rotatable bonds is 1. The molecule has 0 aliphatic carbocycles. The summed E-state index contributed by atoms with van der Waals surface area (Å²) in [6, 6.07) is 5.74. The summed E-state index contributed by atoms with van der Waals surface area (Å²) < 4.78 is 3.07. The van der Waals surface area contributed by atoms with Crippen molar-refractivity contribution in [3.63, 3.8) is 0 Å². The van der Waals surface area contributed by atoms with E-state index < -0.39 is 0 Å². The highest BCUT2D eigenvalue weighted by Gasteiger charge is 2.06. The van der Waals surface area contributed by atoms with Crippen LogP contribution in [0.5, 0.6) is 0 Å². The number of benzene rings is 1. The lowest BCUT2D eigenvalue weighted by Crippen LogP contribution is -1.92. The molecule has 3 heteroatoms. The molecule has 0 amide bonds. The average Bonchev–Trinajstić information content (AvgIpc) is 2.42. The first-order valence-corrected chi connectivity index (χ1v) is 5.14. The highest BCUT2D eigenvalue weighted by Crippen LogP contribution is 2.26. The summed E-state index contributed by atoms with van der Waals surface area (Å²) in [6.07, 6.45) is 1.99. The van der Waals surface area contributed by atoms with Crippen LogP contribution in [0.15, 0.2) is 28.9 Å². The molecular weight excluding hydrogens is 242 g/mol. The van der Waals surface area contributed by atoms with Crippen LogP contribution in [0, 0.1) is 0 Å². The Morgan fingerprint density at radius 3 is 2.79 bits per heavy atom. The Morgan fingerprint density at radius 1 is 1.43 bits per heavy atom. The normalized spacial score (nSPS) is 10.8. The summed E-state index contributed by atoms with van der Waals surface area (Å²) in [6.45, 7) is 1.58. The number of halogens is 1. The Bertz CT molecular complexity index is 513. The fraction of sp³-hybridized carbons (Fsp3) is 0.182. The number of fused-ring (bicyclic) bond motifs is 1. The number of carbonyl (C=O) groups excluding carboxylic acids is 1. The molecule has 0 spiro atoms. The minimum Gasteiger partial charge on any atom is -0.349 e. The lowest BCUT2D eigenvalue weighted by atomic mass is 10.1. The van der Waals surface area contributed by atoms with E-state index in [2.05, 4.69) is 15.9 Å². The summed E-state index contributed by atoms with van der Waals surface area (Å²) in [5.41, 5.74) is 1.83. The molecule has 1 aromatic carbocycles. The van der Waals surface area contributed by atoms with Gasteiger partial charge in [-0.1, -0.05) is 12.1 Å². The number of carbonyl (C=O) groups is 1. The van der Waals surface area contributed by atoms with Crippen molar-refractivity contribution in [2.24, 2.45) is 7.05 Å². The van der Waals surface area contributed by atoms with Gasteiger partial charge in [-0.3, -0.25) is 4.79 Å². The molecule has 2 rings (SSSR count). The topological polar surface area (TPSA) is 22.0 Å². The molecule has 0 saturated heterocycles. The lowest BCUT2D eigenvalue weighted by molar-refractivity contribution is 0.101. The van der Waals surface area contributed by atoms with Gasteiger partial charge in [-0.05, 0) is 28.9 Å². The Balaban J connectivity index is 2.77. The predicted octanol–water partition coefficient (Wildman–Crippen LogP) is 3.14. The summed E-state index contributed by atoms with van der Waals surface area (Å²) in [4.78, 5) is 11.2. The highest BCUT2D eigenvalue weighted by molar-refractivity contribution is 9.10. The second-order valence-corrected chi connectivity index (χ2v) is 4.23. The van der Waals surface area contributed by atoms with Crippen LogP contribution in [0.1, 0.15) is 17.3 Å². The summed E-state index contributed by atoms with van der Waals surface area (Å²) >= 11 is 3.47. The molecule has 0 radical (unpaired) electrons. The van der Waals surface area contributed by atoms with Gasteiger partial charge >= 0.3 is 0 Å². The van der Waals surface area contributed by atoms with Crippen LogP contribution in [0.4, 0.5) is 0 Å². The molecule has 0 bridgehead atoms. The number of Topliss-reactive ketones (excluding diaryl/α,β-unsaturated/α-hetero) is 1. The van der Waals surface area contributed by atoms with E-state index in [0.29, 0.717) is 0 Å². The minimum absolute atomic E-state index is 0.101. The molecule has 72 valence electrons. The van der Waals surface area contributed by atoms with E-state index in [1.807, 2.05) is 36.0 Å². The van der Waals surface area contributed by atoms with Gasteiger partial charge in [0.2, 0.25) is 0 Å². The van der Waals surface area contributed by atoms with Crippen LogP contribution in [-0.2, 0) is 7.05 Å². The molecule has 1 aromatic heterocycles. The molecule has 2 aromatic rings. The van der Waals surface area contributed by atoms with E-state index in [-0.39, 0.29) is 5.78 Å². The molecule has 0 fully saturated rings. The molecule has 0 saturated carbocycles. The first-order valence-electron chi connectivity index (χ1n) is 4.35. The number of ketones is 1. The van der Waals surface area contributed by atoms with Gasteiger partial charge in [-0.15, -0.1) is 0 Å². The van der Waals surface area contributed by atoms with Crippen LogP contribution in [0.2, 0.25) is 0 Å². The molecule has 0 atom stereocenters. The van der Waals surface area contributed by atoms with E-state index in [4.69, 9.17) is 0 Å². The molecule has 2 nitrogen and oxygen atoms in total. The van der Waals surface area contributed by atoms with Crippen molar-refractivity contribution in [2.75, 3.05) is 0 Å². The third-order valence-electron chi connectivity index (χ3n) is 2.35. The first-order chi connectivity index (χ1) is 6.59. The highest BCUT2D eigenvalue weighted by atomic mass is 79.9. The standard InChI is InChI=1S/C11H10BrNO/c1-7(14)8-3-4-9-10(12)6-13(2)11(9)5-8/h3-6H,1-2H3. The third kappa shape index (κ3) is 1.38. The van der Waals surface area contributed by atoms with Crippen LogP contribution in [-0.4, -0.2) is 10.4 Å². The van der Waals surface area contributed by atoms with Gasteiger partial charge in [-0.2, -0.15) is 0 Å². The fourth-order valence-corrected chi connectivity index (χ4v) is 2.20. The van der Waals surface area contributed by atoms with Crippen molar-refractivity contribution in [2.45, 2.75) is 6.92 Å². The van der Waals surface area contributed by atoms with Gasteiger partial charge < -0.3 is 4.57 Å². The SMILES string of the molecule is CC(=O)c1ccc2c(Br)cn(C)c2c1. The number of nitrogens with zero attached hydrogens (tertiary/aromatic N) is 1. The van der Waals surface area contributed by atoms with Crippen LogP contribution in [0.25, 0.3) is 10.9 Å². The Hall–Kier alpha value is -1.09. The maximum Gasteiger partial charge on any atom is 0.159 e. The van der Waals surface area contributed by atoms with E-state index in [9.17, 15) is 4.79 Å². The molecule has 0 N–H and O–H groups in total. The number of hydrogen-bond acceptors (Lipinski definition) is 1. The Morgan fingerprint density at radius 2 is 2.14 bits per heavy atom. The van der Waals surface area contributed by atoms with Gasteiger partial charge in [-0.25, -0.2) is 0 Å². The maximum absolute atomic E-state index is 11.2. The van der Waals surface area contributed by atoms with Gasteiger partial charge in [0.25, 0.3) is 0 Å². The zero-order chi connectivity index (χ0) is 10.3. The molecule has 14 heavy (non-hydrogen) atoms. The van der Waals surface area contributed by atoms with E-state index in [1.54, 1.807) is 6.92 Å². The van der Waals surface area contributed by atoms with Gasteiger partial charge in [0.05, 0.1) is 0 Å². The molecular formula is C11H10BrNO. The van der Waals surface area contributed by atoms with Crippen LogP contribution < -0.4 is 0 Å². The summed E-state index contributed by atoms with van der Waals surface area (Å²) in [7, 11) is 1.97. The molecule has 1 heterocycles. The van der Waals surface area contributed by atoms with E-state index in [0.717, 1.165) is 20.9 Å². The minimum atomic E-state index is 0.101. The van der Waals surface area contributed by atoms with Crippen molar-refractivity contribution < 1.29 is 4.79 Å². The van der Waals surface area contributed by atoms with Crippen LogP contribution >= 0.6 is 15.9 Å². The zero-order valence-electron chi connectivity index (χ0n) is 8.04. The largest absolute Gasteiger partial charge is 0.349 e. The molecule has 0 aliphatic heterocycles. The predicted molar refractivity (Wildman–Crippen MR) is 60.6 cm³/mol. The monoisotopic (exact) mass is 251 g/mol. The van der Waals surface area contributed by atoms with Crippen molar-refractivity contribution in [1.29, 1.82) is 0 Å². The number of aryl methyl sites for hydroxylation is 1. The summed E-state index contributed by atoms with van der Waals surface area (Å²) in [5, 5.41) is 1.14. The second kappa shape index (κ2) is 3.24. The van der Waals surface area contributed by atoms with Crippen molar-refractivity contribution in [1.82, 2.24) is 4.57 Å². The van der Waals surface area contributed by atoms with Crippen molar-refractivity contribution >= 4 is 32.6 Å². The van der Waals surface area contributed by atoms with Gasteiger partial charge in [0, 0.05) is 34.2 Å². The smallest absolute Gasteiger partial charge is 0.159 e. The Labute approximate surface area is 90.7 Å². The first kappa shape index (κ1) is 9.46. The molecule has 0 unspecified atom stereocenters. The quantitative estimate of drug-likeness (QED) is 0.714. The van der Waals surface area contributed by atoms with Crippen LogP contribution in [0.3, 0.4) is 0 Å². The van der Waals surface area contributed by atoms with E-state index >= 15 is 0 Å². The second-order valence-electron chi connectivity index (χ2n) is 3.38. The Kier molecular flexibility index (Phi) is 2.19. The zero-order valence-corrected chi connectivity index (χ0v) is 9.63.